The number of rotatable bonds is 7. The van der Waals surface area contributed by atoms with Crippen LogP contribution in [0, 0.1) is 0 Å². The third-order valence-electron chi connectivity index (χ3n) is 6.47. The smallest absolute Gasteiger partial charge is 0.258 e. The van der Waals surface area contributed by atoms with Crippen molar-refractivity contribution in [3.63, 3.8) is 0 Å². The number of para-hydroxylation sites is 2. The molecule has 0 radical (unpaired) electrons. The van der Waals surface area contributed by atoms with Gasteiger partial charge in [0.1, 0.15) is 18.1 Å². The SMILES string of the molecule is COc1ccccc1C1CN(C(C)=O)CCN1C(=O)c1ccccc1OCCN1CCOCC1. The van der Waals surface area contributed by atoms with Crippen molar-refractivity contribution in [3.05, 3.63) is 59.7 Å². The summed E-state index contributed by atoms with van der Waals surface area (Å²) in [7, 11) is 1.62. The van der Waals surface area contributed by atoms with Gasteiger partial charge in [0, 0.05) is 51.8 Å². The number of hydrogen-bond acceptors (Lipinski definition) is 6. The monoisotopic (exact) mass is 467 g/mol. The van der Waals surface area contributed by atoms with E-state index in [-0.39, 0.29) is 17.9 Å². The molecule has 34 heavy (non-hydrogen) atoms. The Bertz CT molecular complexity index is 992. The Labute approximate surface area is 201 Å². The van der Waals surface area contributed by atoms with Crippen LogP contribution in [0.3, 0.4) is 0 Å². The van der Waals surface area contributed by atoms with Crippen LogP contribution in [0.25, 0.3) is 0 Å². The second-order valence-electron chi connectivity index (χ2n) is 8.52. The van der Waals surface area contributed by atoms with Gasteiger partial charge in [0.2, 0.25) is 5.91 Å². The van der Waals surface area contributed by atoms with Crippen LogP contribution in [0.15, 0.2) is 48.5 Å². The van der Waals surface area contributed by atoms with E-state index in [1.807, 2.05) is 53.4 Å². The minimum Gasteiger partial charge on any atom is -0.496 e. The van der Waals surface area contributed by atoms with Crippen LogP contribution in [0.4, 0.5) is 0 Å². The Morgan fingerprint density at radius 3 is 2.41 bits per heavy atom. The van der Waals surface area contributed by atoms with Crippen molar-refractivity contribution >= 4 is 11.8 Å². The summed E-state index contributed by atoms with van der Waals surface area (Å²) >= 11 is 0. The zero-order chi connectivity index (χ0) is 23.9. The molecule has 2 aliphatic rings. The molecule has 0 bridgehead atoms. The van der Waals surface area contributed by atoms with E-state index in [1.54, 1.807) is 18.9 Å². The number of hydrogen-bond donors (Lipinski definition) is 0. The molecule has 0 saturated carbocycles. The molecule has 2 aromatic rings. The normalized spacial score (nSPS) is 19.1. The lowest BCUT2D eigenvalue weighted by molar-refractivity contribution is -0.131. The van der Waals surface area contributed by atoms with Gasteiger partial charge in [-0.2, -0.15) is 0 Å². The molecule has 2 aromatic carbocycles. The number of benzene rings is 2. The second kappa shape index (κ2) is 11.4. The van der Waals surface area contributed by atoms with Crippen molar-refractivity contribution in [1.29, 1.82) is 0 Å². The van der Waals surface area contributed by atoms with Crippen LogP contribution in [0.5, 0.6) is 11.5 Å². The maximum absolute atomic E-state index is 13.8. The summed E-state index contributed by atoms with van der Waals surface area (Å²) < 4.78 is 17.1. The first-order chi connectivity index (χ1) is 16.6. The third kappa shape index (κ3) is 5.51. The van der Waals surface area contributed by atoms with Crippen molar-refractivity contribution in [2.75, 3.05) is 66.2 Å². The molecule has 2 heterocycles. The van der Waals surface area contributed by atoms with E-state index in [0.29, 0.717) is 43.3 Å². The van der Waals surface area contributed by atoms with Gasteiger partial charge in [-0.3, -0.25) is 14.5 Å². The van der Waals surface area contributed by atoms with Crippen molar-refractivity contribution in [3.8, 4) is 11.5 Å². The molecule has 0 spiro atoms. The predicted octanol–water partition coefficient (Wildman–Crippen LogP) is 2.45. The minimum absolute atomic E-state index is 0.00107. The average molecular weight is 468 g/mol. The highest BCUT2D eigenvalue weighted by molar-refractivity contribution is 5.97. The molecule has 0 aliphatic carbocycles. The lowest BCUT2D eigenvalue weighted by Crippen LogP contribution is -2.52. The number of amides is 2. The summed E-state index contributed by atoms with van der Waals surface area (Å²) in [5.41, 5.74) is 1.41. The molecular weight excluding hydrogens is 434 g/mol. The van der Waals surface area contributed by atoms with E-state index < -0.39 is 0 Å². The first-order valence-corrected chi connectivity index (χ1v) is 11.8. The summed E-state index contributed by atoms with van der Waals surface area (Å²) in [4.78, 5) is 31.9. The Morgan fingerprint density at radius 2 is 1.68 bits per heavy atom. The third-order valence-corrected chi connectivity index (χ3v) is 6.47. The lowest BCUT2D eigenvalue weighted by atomic mass is 9.99. The van der Waals surface area contributed by atoms with Crippen LogP contribution in [-0.2, 0) is 9.53 Å². The van der Waals surface area contributed by atoms with E-state index in [4.69, 9.17) is 14.2 Å². The molecule has 0 N–H and O–H groups in total. The second-order valence-corrected chi connectivity index (χ2v) is 8.52. The topological polar surface area (TPSA) is 71.5 Å². The largest absolute Gasteiger partial charge is 0.496 e. The van der Waals surface area contributed by atoms with Crippen LogP contribution in [0.1, 0.15) is 28.9 Å². The number of ether oxygens (including phenoxy) is 3. The van der Waals surface area contributed by atoms with Crippen molar-refractivity contribution in [2.45, 2.75) is 13.0 Å². The zero-order valence-electron chi connectivity index (χ0n) is 19.9. The molecule has 4 rings (SSSR count). The molecule has 2 amide bonds. The Balaban J connectivity index is 1.55. The average Bonchev–Trinajstić information content (AvgIpc) is 2.89. The standard InChI is InChI=1S/C26H33N3O5/c1-20(30)28-11-12-29(23(19-28)21-7-3-5-9-24(21)32-2)26(31)22-8-4-6-10-25(22)34-18-15-27-13-16-33-17-14-27/h3-10,23H,11-19H2,1-2H3. The van der Waals surface area contributed by atoms with E-state index in [1.165, 1.54) is 0 Å². The summed E-state index contributed by atoms with van der Waals surface area (Å²) in [6.45, 7) is 7.46. The van der Waals surface area contributed by atoms with Crippen molar-refractivity contribution in [2.24, 2.45) is 0 Å². The van der Waals surface area contributed by atoms with Gasteiger partial charge in [-0.15, -0.1) is 0 Å². The van der Waals surface area contributed by atoms with Gasteiger partial charge in [-0.25, -0.2) is 0 Å². The highest BCUT2D eigenvalue weighted by Gasteiger charge is 2.35. The Morgan fingerprint density at radius 1 is 0.971 bits per heavy atom. The fraction of sp³-hybridized carbons (Fsp3) is 0.462. The maximum atomic E-state index is 13.8. The minimum atomic E-state index is -0.317. The van der Waals surface area contributed by atoms with Crippen molar-refractivity contribution < 1.29 is 23.8 Å². The van der Waals surface area contributed by atoms with E-state index in [2.05, 4.69) is 4.90 Å². The number of piperazine rings is 1. The fourth-order valence-electron chi connectivity index (χ4n) is 4.55. The molecule has 1 unspecified atom stereocenters. The van der Waals surface area contributed by atoms with E-state index in [9.17, 15) is 9.59 Å². The number of methoxy groups -OCH3 is 1. The van der Waals surface area contributed by atoms with E-state index >= 15 is 0 Å². The summed E-state index contributed by atoms with van der Waals surface area (Å²) in [6.07, 6.45) is 0. The van der Waals surface area contributed by atoms with Gasteiger partial charge < -0.3 is 24.0 Å². The van der Waals surface area contributed by atoms with E-state index in [0.717, 1.165) is 38.4 Å². The zero-order valence-corrected chi connectivity index (χ0v) is 19.9. The Kier molecular flexibility index (Phi) is 8.03. The number of carbonyl (C=O) groups is 2. The summed E-state index contributed by atoms with van der Waals surface area (Å²) in [5.74, 6) is 1.17. The van der Waals surface area contributed by atoms with Gasteiger partial charge >= 0.3 is 0 Å². The summed E-state index contributed by atoms with van der Waals surface area (Å²) in [5, 5.41) is 0. The molecule has 2 fully saturated rings. The summed E-state index contributed by atoms with van der Waals surface area (Å²) in [6, 6.07) is 14.7. The lowest BCUT2D eigenvalue weighted by Gasteiger charge is -2.42. The van der Waals surface area contributed by atoms with Crippen LogP contribution < -0.4 is 9.47 Å². The fourth-order valence-corrected chi connectivity index (χ4v) is 4.55. The molecule has 2 aliphatic heterocycles. The maximum Gasteiger partial charge on any atom is 0.258 e. The highest BCUT2D eigenvalue weighted by atomic mass is 16.5. The number of carbonyl (C=O) groups excluding carboxylic acids is 2. The van der Waals surface area contributed by atoms with Gasteiger partial charge in [-0.05, 0) is 18.2 Å². The molecular formula is C26H33N3O5. The van der Waals surface area contributed by atoms with Crippen LogP contribution in [0.2, 0.25) is 0 Å². The van der Waals surface area contributed by atoms with Crippen LogP contribution in [-0.4, -0.2) is 92.7 Å². The quantitative estimate of drug-likeness (QED) is 0.623. The van der Waals surface area contributed by atoms with Gasteiger partial charge in [0.25, 0.3) is 5.91 Å². The van der Waals surface area contributed by atoms with Gasteiger partial charge in [-0.1, -0.05) is 30.3 Å². The molecule has 0 aromatic heterocycles. The van der Waals surface area contributed by atoms with Crippen molar-refractivity contribution in [1.82, 2.24) is 14.7 Å². The molecule has 8 nitrogen and oxygen atoms in total. The van der Waals surface area contributed by atoms with Gasteiger partial charge in [0.05, 0.1) is 31.9 Å². The number of nitrogens with zero attached hydrogens (tertiary/aromatic N) is 3. The predicted molar refractivity (Wildman–Crippen MR) is 128 cm³/mol. The number of morpholine rings is 1. The molecule has 1 atom stereocenters. The highest BCUT2D eigenvalue weighted by Crippen LogP contribution is 2.34. The van der Waals surface area contributed by atoms with Crippen LogP contribution >= 0.6 is 0 Å². The molecule has 8 heteroatoms. The molecule has 2 saturated heterocycles. The molecule has 182 valence electrons. The first-order valence-electron chi connectivity index (χ1n) is 11.8. The Hall–Kier alpha value is -3.10. The van der Waals surface area contributed by atoms with Gasteiger partial charge in [0.15, 0.2) is 0 Å². The first kappa shape index (κ1) is 24.0.